The van der Waals surface area contributed by atoms with Gasteiger partial charge in [0.25, 0.3) is 0 Å². The topological polar surface area (TPSA) is 142 Å². The fourth-order valence-corrected chi connectivity index (χ4v) is 2.31. The Labute approximate surface area is 163 Å². The van der Waals surface area contributed by atoms with Crippen molar-refractivity contribution in [1.82, 2.24) is 10.6 Å². The number of alkyl carbamates (subject to hydrolysis) is 1. The SMILES string of the molecule is CC(C)(C)OC(=O)NC(Cc1ccccc1)C(=O)NC(CCC(=O)O)C(=O)O. The van der Waals surface area contributed by atoms with Crippen molar-refractivity contribution in [2.24, 2.45) is 0 Å². The Morgan fingerprint density at radius 3 is 2.11 bits per heavy atom. The van der Waals surface area contributed by atoms with Gasteiger partial charge >= 0.3 is 18.0 Å². The number of ether oxygens (including phenoxy) is 1. The zero-order valence-corrected chi connectivity index (χ0v) is 16.1. The van der Waals surface area contributed by atoms with Gasteiger partial charge < -0.3 is 25.6 Å². The number of amides is 2. The van der Waals surface area contributed by atoms with Crippen LogP contribution < -0.4 is 10.6 Å². The molecule has 0 radical (unpaired) electrons. The molecule has 0 aliphatic rings. The van der Waals surface area contributed by atoms with E-state index in [-0.39, 0.29) is 12.8 Å². The van der Waals surface area contributed by atoms with Gasteiger partial charge in [0.2, 0.25) is 5.91 Å². The Bertz CT molecular complexity index is 698. The first-order valence-corrected chi connectivity index (χ1v) is 8.76. The van der Waals surface area contributed by atoms with Crippen LogP contribution in [-0.2, 0) is 25.5 Å². The number of carboxylic acid groups (broad SMARTS) is 2. The summed E-state index contributed by atoms with van der Waals surface area (Å²) in [4.78, 5) is 46.7. The van der Waals surface area contributed by atoms with E-state index in [1.165, 1.54) is 0 Å². The third-order valence-electron chi connectivity index (χ3n) is 3.55. The van der Waals surface area contributed by atoms with Gasteiger partial charge in [-0.2, -0.15) is 0 Å². The average molecular weight is 394 g/mol. The minimum Gasteiger partial charge on any atom is -0.481 e. The highest BCUT2D eigenvalue weighted by atomic mass is 16.6. The quantitative estimate of drug-likeness (QED) is 0.498. The van der Waals surface area contributed by atoms with E-state index in [4.69, 9.17) is 9.84 Å². The van der Waals surface area contributed by atoms with E-state index < -0.39 is 48.0 Å². The van der Waals surface area contributed by atoms with Gasteiger partial charge in [-0.25, -0.2) is 9.59 Å². The third-order valence-corrected chi connectivity index (χ3v) is 3.55. The Kier molecular flexibility index (Phi) is 8.43. The number of hydrogen-bond donors (Lipinski definition) is 4. The Hall–Kier alpha value is -3.10. The molecule has 1 aromatic carbocycles. The molecule has 9 heteroatoms. The minimum atomic E-state index is -1.39. The highest BCUT2D eigenvalue weighted by Gasteiger charge is 2.28. The van der Waals surface area contributed by atoms with Crippen LogP contribution in [0.2, 0.25) is 0 Å². The first-order chi connectivity index (χ1) is 13.0. The first kappa shape index (κ1) is 22.9. The molecular weight excluding hydrogens is 368 g/mol. The standard InChI is InChI=1S/C19H26N2O7/c1-19(2,3)28-18(27)21-14(11-12-7-5-4-6-8-12)16(24)20-13(17(25)26)9-10-15(22)23/h4-8,13-14H,9-11H2,1-3H3,(H,20,24)(H,21,27)(H,22,23)(H,25,26). The molecule has 0 spiro atoms. The van der Waals surface area contributed by atoms with Crippen LogP contribution in [0.5, 0.6) is 0 Å². The molecule has 1 rings (SSSR count). The Morgan fingerprint density at radius 2 is 1.61 bits per heavy atom. The van der Waals surface area contributed by atoms with Crippen molar-refractivity contribution < 1.29 is 34.1 Å². The minimum absolute atomic E-state index is 0.108. The molecule has 154 valence electrons. The molecule has 4 N–H and O–H groups in total. The predicted molar refractivity (Wildman–Crippen MR) is 99.7 cm³/mol. The van der Waals surface area contributed by atoms with E-state index in [9.17, 15) is 24.3 Å². The van der Waals surface area contributed by atoms with Gasteiger partial charge in [-0.3, -0.25) is 9.59 Å². The van der Waals surface area contributed by atoms with Crippen LogP contribution in [0.25, 0.3) is 0 Å². The average Bonchev–Trinajstić information content (AvgIpc) is 2.56. The summed E-state index contributed by atoms with van der Waals surface area (Å²) in [5, 5.41) is 22.7. The van der Waals surface area contributed by atoms with Gasteiger partial charge in [0.05, 0.1) is 0 Å². The molecular formula is C19H26N2O7. The summed E-state index contributed by atoms with van der Waals surface area (Å²) < 4.78 is 5.16. The molecule has 0 aromatic heterocycles. The number of carboxylic acids is 2. The molecule has 0 aliphatic heterocycles. The Balaban J connectivity index is 2.91. The largest absolute Gasteiger partial charge is 0.481 e. The zero-order chi connectivity index (χ0) is 21.3. The second kappa shape index (κ2) is 10.3. The van der Waals surface area contributed by atoms with Gasteiger partial charge in [-0.15, -0.1) is 0 Å². The van der Waals surface area contributed by atoms with Crippen LogP contribution in [0.1, 0.15) is 39.2 Å². The maximum Gasteiger partial charge on any atom is 0.408 e. The van der Waals surface area contributed by atoms with Crippen molar-refractivity contribution in [3.8, 4) is 0 Å². The predicted octanol–water partition coefficient (Wildman–Crippen LogP) is 1.56. The number of benzene rings is 1. The molecule has 2 amide bonds. The van der Waals surface area contributed by atoms with Gasteiger partial charge in [0.1, 0.15) is 17.7 Å². The Morgan fingerprint density at radius 1 is 1.00 bits per heavy atom. The van der Waals surface area contributed by atoms with Crippen molar-refractivity contribution in [1.29, 1.82) is 0 Å². The summed E-state index contributed by atoms with van der Waals surface area (Å²) in [5.41, 5.74) is -0.0285. The van der Waals surface area contributed by atoms with Crippen molar-refractivity contribution >= 4 is 23.9 Å². The van der Waals surface area contributed by atoms with Crippen LogP contribution in [0.15, 0.2) is 30.3 Å². The molecule has 0 saturated carbocycles. The lowest BCUT2D eigenvalue weighted by molar-refractivity contribution is -0.143. The number of nitrogens with one attached hydrogen (secondary N) is 2. The van der Waals surface area contributed by atoms with Crippen molar-refractivity contribution in [2.45, 2.75) is 57.7 Å². The molecule has 0 heterocycles. The second-order valence-corrected chi connectivity index (χ2v) is 7.22. The lowest BCUT2D eigenvalue weighted by Gasteiger charge is -2.24. The molecule has 0 fully saturated rings. The number of carbonyl (C=O) groups is 4. The summed E-state index contributed by atoms with van der Waals surface area (Å²) >= 11 is 0. The third kappa shape index (κ3) is 9.02. The first-order valence-electron chi connectivity index (χ1n) is 8.76. The maximum atomic E-state index is 12.6. The van der Waals surface area contributed by atoms with Gasteiger partial charge in [-0.1, -0.05) is 30.3 Å². The summed E-state index contributed by atoms with van der Waals surface area (Å²) in [5.74, 6) is -3.27. The van der Waals surface area contributed by atoms with Crippen molar-refractivity contribution in [3.63, 3.8) is 0 Å². The van der Waals surface area contributed by atoms with Gasteiger partial charge in [0.15, 0.2) is 0 Å². The van der Waals surface area contributed by atoms with E-state index in [2.05, 4.69) is 10.6 Å². The maximum absolute atomic E-state index is 12.6. The van der Waals surface area contributed by atoms with Crippen LogP contribution in [0, 0.1) is 0 Å². The van der Waals surface area contributed by atoms with E-state index in [1.54, 1.807) is 51.1 Å². The summed E-state index contributed by atoms with van der Waals surface area (Å²) in [6.45, 7) is 5.02. The smallest absolute Gasteiger partial charge is 0.408 e. The summed E-state index contributed by atoms with van der Waals surface area (Å²) in [7, 11) is 0. The van der Waals surface area contributed by atoms with Crippen LogP contribution in [0.3, 0.4) is 0 Å². The molecule has 2 unspecified atom stereocenters. The van der Waals surface area contributed by atoms with Crippen LogP contribution >= 0.6 is 0 Å². The van der Waals surface area contributed by atoms with E-state index in [0.717, 1.165) is 5.56 Å². The fourth-order valence-electron chi connectivity index (χ4n) is 2.31. The number of hydrogen-bond acceptors (Lipinski definition) is 5. The summed E-state index contributed by atoms with van der Waals surface area (Å²) in [6.07, 6.45) is -1.40. The van der Waals surface area contributed by atoms with E-state index in [0.29, 0.717) is 0 Å². The molecule has 0 bridgehead atoms. The van der Waals surface area contributed by atoms with Gasteiger partial charge in [0, 0.05) is 12.8 Å². The van der Waals surface area contributed by atoms with Crippen LogP contribution in [-0.4, -0.2) is 51.8 Å². The molecule has 1 aromatic rings. The zero-order valence-electron chi connectivity index (χ0n) is 16.1. The molecule has 0 saturated heterocycles. The summed E-state index contributed by atoms with van der Waals surface area (Å²) in [6, 6.07) is 6.37. The molecule has 9 nitrogen and oxygen atoms in total. The monoisotopic (exact) mass is 394 g/mol. The van der Waals surface area contributed by atoms with Crippen molar-refractivity contribution in [3.05, 3.63) is 35.9 Å². The highest BCUT2D eigenvalue weighted by molar-refractivity contribution is 5.89. The highest BCUT2D eigenvalue weighted by Crippen LogP contribution is 2.09. The number of rotatable bonds is 9. The normalized spacial score (nSPS) is 13.1. The molecule has 0 aliphatic carbocycles. The number of carbonyl (C=O) groups excluding carboxylic acids is 2. The number of aliphatic carboxylic acids is 2. The fraction of sp³-hybridized carbons (Fsp3) is 0.474. The van der Waals surface area contributed by atoms with E-state index >= 15 is 0 Å². The second-order valence-electron chi connectivity index (χ2n) is 7.22. The lowest BCUT2D eigenvalue weighted by atomic mass is 10.0. The molecule has 2 atom stereocenters. The van der Waals surface area contributed by atoms with Crippen molar-refractivity contribution in [2.75, 3.05) is 0 Å². The van der Waals surface area contributed by atoms with E-state index in [1.807, 2.05) is 0 Å². The van der Waals surface area contributed by atoms with Gasteiger partial charge in [-0.05, 0) is 32.8 Å². The lowest BCUT2D eigenvalue weighted by Crippen LogP contribution is -2.53. The van der Waals surface area contributed by atoms with Crippen LogP contribution in [0.4, 0.5) is 4.79 Å². The molecule has 28 heavy (non-hydrogen) atoms.